The maximum Gasteiger partial charge on any atom is 0.312 e. The van der Waals surface area contributed by atoms with Crippen LogP contribution in [0.3, 0.4) is 0 Å². The van der Waals surface area contributed by atoms with Crippen LogP contribution in [0.4, 0.5) is 0 Å². The van der Waals surface area contributed by atoms with Gasteiger partial charge in [-0.25, -0.2) is 0 Å². The van der Waals surface area contributed by atoms with Crippen molar-refractivity contribution in [2.75, 3.05) is 39.5 Å². The minimum Gasteiger partial charge on any atom is -0.464 e. The third kappa shape index (κ3) is 4.67. The van der Waals surface area contributed by atoms with Crippen molar-refractivity contribution >= 4 is 5.97 Å². The van der Waals surface area contributed by atoms with Crippen LogP contribution in [0.1, 0.15) is 106 Å². The predicted octanol–water partition coefficient (Wildman–Crippen LogP) is 5.83. The van der Waals surface area contributed by atoms with Crippen molar-refractivity contribution in [2.24, 2.45) is 56.7 Å². The van der Waals surface area contributed by atoms with E-state index in [0.717, 1.165) is 44.9 Å². The van der Waals surface area contributed by atoms with Crippen molar-refractivity contribution in [3.8, 4) is 0 Å². The maximum absolute atomic E-state index is 14.2. The fourth-order valence-electron chi connectivity index (χ4n) is 11.9. The summed E-state index contributed by atoms with van der Waals surface area (Å²) >= 11 is 0. The summed E-state index contributed by atoms with van der Waals surface area (Å²) in [6.07, 6.45) is 11.8. The van der Waals surface area contributed by atoms with E-state index in [4.69, 9.17) is 4.74 Å². The van der Waals surface area contributed by atoms with Gasteiger partial charge in [0, 0.05) is 19.6 Å². The first-order chi connectivity index (χ1) is 19.7. The van der Waals surface area contributed by atoms with Crippen molar-refractivity contribution in [3.05, 3.63) is 11.6 Å². The molecule has 10 atom stereocenters. The van der Waals surface area contributed by atoms with E-state index in [-0.39, 0.29) is 52.9 Å². The van der Waals surface area contributed by atoms with Gasteiger partial charge in [-0.15, -0.1) is 0 Å². The maximum atomic E-state index is 14.2. The highest BCUT2D eigenvalue weighted by Gasteiger charge is 2.69. The van der Waals surface area contributed by atoms with Gasteiger partial charge in [-0.1, -0.05) is 60.1 Å². The van der Waals surface area contributed by atoms with Gasteiger partial charge in [0.05, 0.1) is 24.7 Å². The molecule has 4 saturated carbocycles. The Morgan fingerprint density at radius 2 is 1.60 bits per heavy atom. The van der Waals surface area contributed by atoms with Crippen LogP contribution in [0.2, 0.25) is 0 Å². The van der Waals surface area contributed by atoms with Gasteiger partial charge in [0.1, 0.15) is 6.61 Å². The monoisotopic (exact) mass is 587 g/mol. The number of nitrogens with zero attached hydrogens (tertiary/aromatic N) is 1. The molecule has 0 bridgehead atoms. The highest BCUT2D eigenvalue weighted by atomic mass is 16.5. The Morgan fingerprint density at radius 1 is 0.905 bits per heavy atom. The number of carbonyl (C=O) groups is 1. The van der Waals surface area contributed by atoms with Crippen LogP contribution in [-0.4, -0.2) is 71.7 Å². The fourth-order valence-corrected chi connectivity index (χ4v) is 11.9. The number of carbonyl (C=O) groups excluding carboxylic acids is 1. The number of allylic oxidation sites excluding steroid dienone is 2. The number of aliphatic hydroxyl groups is 3. The molecule has 4 fully saturated rings. The molecule has 5 aliphatic rings. The van der Waals surface area contributed by atoms with Gasteiger partial charge < -0.3 is 20.1 Å². The van der Waals surface area contributed by atoms with Crippen LogP contribution in [0.15, 0.2) is 11.6 Å². The second kappa shape index (κ2) is 11.4. The molecule has 0 aromatic heterocycles. The lowest BCUT2D eigenvalue weighted by Gasteiger charge is -2.71. The lowest BCUT2D eigenvalue weighted by atomic mass is 9.33. The summed E-state index contributed by atoms with van der Waals surface area (Å²) < 4.78 is 6.12. The zero-order valence-electron chi connectivity index (χ0n) is 27.8. The van der Waals surface area contributed by atoms with Crippen LogP contribution in [0, 0.1) is 56.7 Å². The van der Waals surface area contributed by atoms with Crippen LogP contribution in [0.25, 0.3) is 0 Å². The molecule has 0 heterocycles. The quantitative estimate of drug-likeness (QED) is 0.244. The molecule has 0 aromatic rings. The van der Waals surface area contributed by atoms with Crippen molar-refractivity contribution < 1.29 is 24.9 Å². The molecule has 0 aromatic carbocycles. The molecule has 6 nitrogen and oxygen atoms in total. The Kier molecular flexibility index (Phi) is 8.84. The molecular formula is C36H61NO5. The van der Waals surface area contributed by atoms with Crippen LogP contribution >= 0.6 is 0 Å². The first kappa shape index (κ1) is 32.4. The topological polar surface area (TPSA) is 90.2 Å². The normalized spacial score (nSPS) is 46.1. The highest BCUT2D eigenvalue weighted by Crippen LogP contribution is 2.75. The summed E-state index contributed by atoms with van der Waals surface area (Å²) in [5, 5.41) is 29.8. The van der Waals surface area contributed by atoms with Crippen molar-refractivity contribution in [1.82, 2.24) is 4.90 Å². The molecule has 0 aliphatic heterocycles. The number of rotatable bonds is 8. The average Bonchev–Trinajstić information content (AvgIpc) is 2.93. The number of hydrogen-bond donors (Lipinski definition) is 3. The van der Waals surface area contributed by atoms with Crippen LogP contribution in [0.5, 0.6) is 0 Å². The predicted molar refractivity (Wildman–Crippen MR) is 167 cm³/mol. The molecule has 0 radical (unpaired) electrons. The van der Waals surface area contributed by atoms with Gasteiger partial charge in [-0.2, -0.15) is 0 Å². The molecular weight excluding hydrogens is 526 g/mol. The number of fused-ring (bicyclic) bond motifs is 7. The molecule has 0 spiro atoms. The number of ether oxygens (including phenoxy) is 1. The van der Waals surface area contributed by atoms with Gasteiger partial charge in [0.15, 0.2) is 0 Å². The lowest BCUT2D eigenvalue weighted by Crippen LogP contribution is -2.65. The van der Waals surface area contributed by atoms with Gasteiger partial charge in [0.25, 0.3) is 0 Å². The highest BCUT2D eigenvalue weighted by molar-refractivity contribution is 5.79. The largest absolute Gasteiger partial charge is 0.464 e. The number of aliphatic hydroxyl groups excluding tert-OH is 3. The summed E-state index contributed by atoms with van der Waals surface area (Å²) in [6.45, 7) is 18.9. The summed E-state index contributed by atoms with van der Waals surface area (Å²) in [5.41, 5.74) is 1.49. The Labute approximate surface area is 255 Å². The molecule has 5 aliphatic carbocycles. The second-order valence-electron chi connectivity index (χ2n) is 16.6. The Balaban J connectivity index is 1.46. The third-order valence-corrected chi connectivity index (χ3v) is 14.8. The van der Waals surface area contributed by atoms with E-state index >= 15 is 0 Å². The zero-order valence-corrected chi connectivity index (χ0v) is 27.8. The lowest BCUT2D eigenvalue weighted by molar-refractivity contribution is -0.207. The van der Waals surface area contributed by atoms with E-state index in [1.165, 1.54) is 12.8 Å². The average molecular weight is 588 g/mol. The number of esters is 1. The van der Waals surface area contributed by atoms with Crippen LogP contribution in [-0.2, 0) is 9.53 Å². The van der Waals surface area contributed by atoms with Gasteiger partial charge in [0.2, 0.25) is 0 Å². The van der Waals surface area contributed by atoms with E-state index in [0.29, 0.717) is 49.9 Å². The first-order valence-corrected chi connectivity index (χ1v) is 17.2. The molecule has 42 heavy (non-hydrogen) atoms. The van der Waals surface area contributed by atoms with E-state index < -0.39 is 5.41 Å². The van der Waals surface area contributed by atoms with Gasteiger partial charge >= 0.3 is 5.97 Å². The molecule has 5 rings (SSSR count). The first-order valence-electron chi connectivity index (χ1n) is 17.2. The molecule has 0 amide bonds. The fraction of sp³-hybridized carbons (Fsp3) is 0.917. The minimum atomic E-state index is -0.461. The van der Waals surface area contributed by atoms with E-state index in [1.54, 1.807) is 5.57 Å². The minimum absolute atomic E-state index is 0.0203. The molecule has 0 unspecified atom stereocenters. The molecule has 3 N–H and O–H groups in total. The van der Waals surface area contributed by atoms with Crippen molar-refractivity contribution in [3.63, 3.8) is 0 Å². The van der Waals surface area contributed by atoms with Crippen molar-refractivity contribution in [1.29, 1.82) is 0 Å². The molecule has 240 valence electrons. The standard InChI is InChI=1S/C36H61NO5/c1-24-10-15-36(31(41)42-23-20-37(18-21-38)19-22-39)17-16-34(6)26(30(36)25(24)2)8-9-28-33(5)13-12-29(40)32(3,4)27(33)11-14-35(28,34)7/h8,24-25,27-30,38-40H,9-23H2,1-7H3/t24-,25+,27+,28-,29+,30+,33+,34-,35-,36+/m1/s1. The van der Waals surface area contributed by atoms with E-state index in [2.05, 4.69) is 54.5 Å². The van der Waals surface area contributed by atoms with E-state index in [1.807, 2.05) is 4.90 Å². The molecule has 0 saturated heterocycles. The van der Waals surface area contributed by atoms with Crippen molar-refractivity contribution in [2.45, 2.75) is 112 Å². The van der Waals surface area contributed by atoms with Gasteiger partial charge in [-0.05, 0) is 109 Å². The summed E-state index contributed by atoms with van der Waals surface area (Å²) in [6, 6.07) is 0. The SMILES string of the molecule is C[C@H]1[C@H](C)CC[C@]2(C(=O)OCCN(CCO)CCO)CC[C@]3(C)C(=CC[C@@H]4[C@@]5(C)CC[C@H](O)C(C)(C)[C@@H]5CC[C@]43C)[C@H]12. The number of hydrogen-bond acceptors (Lipinski definition) is 6. The Hall–Kier alpha value is -0.950. The smallest absolute Gasteiger partial charge is 0.312 e. The summed E-state index contributed by atoms with van der Waals surface area (Å²) in [7, 11) is 0. The zero-order chi connectivity index (χ0) is 30.7. The summed E-state index contributed by atoms with van der Waals surface area (Å²) in [5.74, 6) is 2.31. The summed E-state index contributed by atoms with van der Waals surface area (Å²) in [4.78, 5) is 16.2. The van der Waals surface area contributed by atoms with E-state index in [9.17, 15) is 20.1 Å². The third-order valence-electron chi connectivity index (χ3n) is 14.8. The Bertz CT molecular complexity index is 1040. The second-order valence-corrected chi connectivity index (χ2v) is 16.6. The van der Waals surface area contributed by atoms with Crippen LogP contribution < -0.4 is 0 Å². The molecule has 6 heteroatoms. The Morgan fingerprint density at radius 3 is 2.26 bits per heavy atom. The van der Waals surface area contributed by atoms with Gasteiger partial charge in [-0.3, -0.25) is 9.69 Å².